The van der Waals surface area contributed by atoms with Crippen LogP contribution in [0.1, 0.15) is 65.2 Å². The predicted octanol–water partition coefficient (Wildman–Crippen LogP) is 4.44. The van der Waals surface area contributed by atoms with Gasteiger partial charge in [-0.25, -0.2) is 0 Å². The highest BCUT2D eigenvalue weighted by Gasteiger charge is 2.59. The average molecular weight is 335 g/mol. The Kier molecular flexibility index (Phi) is 4.12. The molecule has 0 spiro atoms. The lowest BCUT2D eigenvalue weighted by Crippen LogP contribution is -2.54. The molecule has 4 rings (SSSR count). The maximum absolute atomic E-state index is 12.5. The number of rotatable bonds is 2. The molecule has 0 bridgehead atoms. The minimum atomic E-state index is -0.374. The second kappa shape index (κ2) is 5.81. The van der Waals surface area contributed by atoms with Crippen molar-refractivity contribution in [2.45, 2.75) is 71.0 Å². The zero-order valence-corrected chi connectivity index (χ0v) is 15.8. The number of methoxy groups -OCH3 is 2. The SMILES string of the molecule is COC1(OC)CC2CCC3C(CCC4(C)C(=O)CCC34)C2CC1C. The van der Waals surface area contributed by atoms with E-state index in [9.17, 15) is 4.79 Å². The molecule has 7 atom stereocenters. The summed E-state index contributed by atoms with van der Waals surface area (Å²) in [6, 6.07) is 0. The van der Waals surface area contributed by atoms with E-state index < -0.39 is 0 Å². The van der Waals surface area contributed by atoms with E-state index in [1.165, 1.54) is 25.7 Å². The molecule has 4 aliphatic carbocycles. The van der Waals surface area contributed by atoms with E-state index in [0.717, 1.165) is 49.4 Å². The van der Waals surface area contributed by atoms with Gasteiger partial charge in [-0.05, 0) is 68.1 Å². The van der Waals surface area contributed by atoms with Crippen molar-refractivity contribution in [1.29, 1.82) is 0 Å². The Morgan fingerprint density at radius 2 is 1.75 bits per heavy atom. The number of hydrogen-bond acceptors (Lipinski definition) is 3. The molecule has 4 aliphatic rings. The first kappa shape index (κ1) is 17.0. The third-order valence-corrected chi connectivity index (χ3v) is 8.84. The Balaban J connectivity index is 1.57. The molecular weight excluding hydrogens is 300 g/mol. The van der Waals surface area contributed by atoms with Crippen LogP contribution >= 0.6 is 0 Å². The molecule has 0 aromatic carbocycles. The lowest BCUT2D eigenvalue weighted by atomic mass is 9.49. The summed E-state index contributed by atoms with van der Waals surface area (Å²) in [5.74, 6) is 4.48. The normalized spacial score (nSPS) is 50.1. The van der Waals surface area contributed by atoms with Crippen LogP contribution in [0.15, 0.2) is 0 Å². The summed E-state index contributed by atoms with van der Waals surface area (Å²) in [5.41, 5.74) is 0.0110. The number of carbonyl (C=O) groups is 1. The molecule has 136 valence electrons. The zero-order valence-electron chi connectivity index (χ0n) is 15.8. The molecule has 0 radical (unpaired) electrons. The van der Waals surface area contributed by atoms with Gasteiger partial charge in [0.25, 0.3) is 0 Å². The molecule has 0 amide bonds. The topological polar surface area (TPSA) is 35.5 Å². The molecule has 4 saturated carbocycles. The van der Waals surface area contributed by atoms with Crippen LogP contribution in [0.25, 0.3) is 0 Å². The minimum absolute atomic E-state index is 0.0110. The number of carbonyl (C=O) groups excluding carboxylic acids is 1. The molecule has 0 aliphatic heterocycles. The fourth-order valence-electron chi connectivity index (χ4n) is 7.43. The van der Waals surface area contributed by atoms with E-state index in [4.69, 9.17) is 9.47 Å². The summed E-state index contributed by atoms with van der Waals surface area (Å²) in [6.07, 6.45) is 9.29. The minimum Gasteiger partial charge on any atom is -0.353 e. The highest BCUT2D eigenvalue weighted by Crippen LogP contribution is 2.62. The van der Waals surface area contributed by atoms with E-state index in [-0.39, 0.29) is 11.2 Å². The van der Waals surface area contributed by atoms with Gasteiger partial charge in [0.05, 0.1) is 0 Å². The number of fused-ring (bicyclic) bond motifs is 5. The smallest absolute Gasteiger partial charge is 0.170 e. The van der Waals surface area contributed by atoms with E-state index >= 15 is 0 Å². The fourth-order valence-corrected chi connectivity index (χ4v) is 7.43. The van der Waals surface area contributed by atoms with Crippen molar-refractivity contribution >= 4 is 5.78 Å². The number of ether oxygens (including phenoxy) is 2. The van der Waals surface area contributed by atoms with Gasteiger partial charge in [0.15, 0.2) is 5.79 Å². The average Bonchev–Trinajstić information content (AvgIpc) is 2.89. The van der Waals surface area contributed by atoms with E-state index in [1.807, 2.05) is 14.2 Å². The first-order valence-electron chi connectivity index (χ1n) is 10.1. The largest absolute Gasteiger partial charge is 0.353 e. The summed E-state index contributed by atoms with van der Waals surface area (Å²) in [4.78, 5) is 12.5. The van der Waals surface area contributed by atoms with Gasteiger partial charge in [-0.15, -0.1) is 0 Å². The molecule has 7 unspecified atom stereocenters. The van der Waals surface area contributed by atoms with Crippen LogP contribution in [0, 0.1) is 40.9 Å². The van der Waals surface area contributed by atoms with Gasteiger partial charge in [0.1, 0.15) is 5.78 Å². The van der Waals surface area contributed by atoms with Gasteiger partial charge in [-0.2, -0.15) is 0 Å². The lowest BCUT2D eigenvalue weighted by Gasteiger charge is -2.57. The van der Waals surface area contributed by atoms with Crippen LogP contribution in [0.4, 0.5) is 0 Å². The van der Waals surface area contributed by atoms with Crippen molar-refractivity contribution in [3.05, 3.63) is 0 Å². The third kappa shape index (κ3) is 2.19. The van der Waals surface area contributed by atoms with E-state index in [0.29, 0.717) is 17.6 Å². The lowest BCUT2D eigenvalue weighted by molar-refractivity contribution is -0.273. The Bertz CT molecular complexity index is 511. The van der Waals surface area contributed by atoms with Crippen LogP contribution in [0.2, 0.25) is 0 Å². The van der Waals surface area contributed by atoms with E-state index in [1.54, 1.807) is 0 Å². The summed E-state index contributed by atoms with van der Waals surface area (Å²) in [5, 5.41) is 0. The Morgan fingerprint density at radius 1 is 1.00 bits per heavy atom. The van der Waals surface area contributed by atoms with Crippen molar-refractivity contribution in [3.8, 4) is 0 Å². The van der Waals surface area contributed by atoms with Gasteiger partial charge < -0.3 is 9.47 Å². The van der Waals surface area contributed by atoms with Gasteiger partial charge in [-0.3, -0.25) is 4.79 Å². The van der Waals surface area contributed by atoms with Crippen molar-refractivity contribution in [2.75, 3.05) is 14.2 Å². The second-order valence-corrected chi connectivity index (χ2v) is 9.41. The molecule has 3 nitrogen and oxygen atoms in total. The van der Waals surface area contributed by atoms with E-state index in [2.05, 4.69) is 13.8 Å². The highest BCUT2D eigenvalue weighted by molar-refractivity contribution is 5.87. The van der Waals surface area contributed by atoms with Crippen molar-refractivity contribution in [1.82, 2.24) is 0 Å². The van der Waals surface area contributed by atoms with Crippen molar-refractivity contribution in [2.24, 2.45) is 40.9 Å². The van der Waals surface area contributed by atoms with Gasteiger partial charge in [0.2, 0.25) is 0 Å². The molecular formula is C21H34O3. The molecule has 24 heavy (non-hydrogen) atoms. The van der Waals surface area contributed by atoms with Crippen LogP contribution in [0.3, 0.4) is 0 Å². The van der Waals surface area contributed by atoms with Gasteiger partial charge >= 0.3 is 0 Å². The Labute approximate surface area is 146 Å². The summed E-state index contributed by atoms with van der Waals surface area (Å²) >= 11 is 0. The Morgan fingerprint density at radius 3 is 2.46 bits per heavy atom. The summed E-state index contributed by atoms with van der Waals surface area (Å²) in [7, 11) is 3.62. The van der Waals surface area contributed by atoms with Gasteiger partial charge in [0, 0.05) is 38.4 Å². The standard InChI is InChI=1S/C21H34O3/c1-13-11-17-14(12-21(13,23-3)24-4)5-6-16-15(17)9-10-20(2)18(16)7-8-19(20)22/h13-18H,5-12H2,1-4H3. The summed E-state index contributed by atoms with van der Waals surface area (Å²) in [6.45, 7) is 4.58. The first-order valence-corrected chi connectivity index (χ1v) is 10.1. The maximum atomic E-state index is 12.5. The molecule has 4 fully saturated rings. The van der Waals surface area contributed by atoms with Crippen LogP contribution < -0.4 is 0 Å². The molecule has 0 aromatic heterocycles. The predicted molar refractivity (Wildman–Crippen MR) is 93.4 cm³/mol. The third-order valence-electron chi connectivity index (χ3n) is 8.84. The molecule has 0 N–H and O–H groups in total. The molecule has 0 heterocycles. The van der Waals surface area contributed by atoms with Crippen LogP contribution in [-0.2, 0) is 14.3 Å². The Hall–Kier alpha value is -0.410. The zero-order chi connectivity index (χ0) is 17.1. The second-order valence-electron chi connectivity index (χ2n) is 9.41. The fraction of sp³-hybridized carbons (Fsp3) is 0.952. The van der Waals surface area contributed by atoms with Gasteiger partial charge in [-0.1, -0.05) is 13.8 Å². The number of hydrogen-bond donors (Lipinski definition) is 0. The number of ketones is 1. The van der Waals surface area contributed by atoms with Crippen LogP contribution in [0.5, 0.6) is 0 Å². The quantitative estimate of drug-likeness (QED) is 0.700. The molecule has 0 aromatic rings. The number of Topliss-reactive ketones (excluding diaryl/α,β-unsaturated/α-hetero) is 1. The van der Waals surface area contributed by atoms with Crippen molar-refractivity contribution in [3.63, 3.8) is 0 Å². The van der Waals surface area contributed by atoms with Crippen molar-refractivity contribution < 1.29 is 14.3 Å². The highest BCUT2D eigenvalue weighted by atomic mass is 16.7. The van der Waals surface area contributed by atoms with Crippen LogP contribution in [-0.4, -0.2) is 25.8 Å². The first-order chi connectivity index (χ1) is 11.4. The summed E-state index contributed by atoms with van der Waals surface area (Å²) < 4.78 is 11.7. The maximum Gasteiger partial charge on any atom is 0.170 e. The molecule has 3 heteroatoms. The molecule has 0 saturated heterocycles. The monoisotopic (exact) mass is 334 g/mol.